The zero-order valence-corrected chi connectivity index (χ0v) is 16.4. The number of fused-ring (bicyclic) bond motifs is 1. The van der Waals surface area contributed by atoms with Gasteiger partial charge < -0.3 is 5.32 Å². The van der Waals surface area contributed by atoms with E-state index in [-0.39, 0.29) is 0 Å². The summed E-state index contributed by atoms with van der Waals surface area (Å²) in [5.41, 5.74) is 6.28. The van der Waals surface area contributed by atoms with Crippen molar-refractivity contribution in [2.45, 2.75) is 13.0 Å². The minimum Gasteiger partial charge on any atom is -0.363 e. The fourth-order valence-electron chi connectivity index (χ4n) is 3.53. The zero-order chi connectivity index (χ0) is 20.2. The van der Waals surface area contributed by atoms with E-state index in [4.69, 9.17) is 4.98 Å². The van der Waals surface area contributed by atoms with E-state index in [1.807, 2.05) is 48.8 Å². The van der Waals surface area contributed by atoms with Gasteiger partial charge in [0.1, 0.15) is 0 Å². The first kappa shape index (κ1) is 18.1. The largest absolute Gasteiger partial charge is 0.363 e. The van der Waals surface area contributed by atoms with Gasteiger partial charge in [0.05, 0.1) is 5.69 Å². The molecule has 0 aliphatic rings. The summed E-state index contributed by atoms with van der Waals surface area (Å²) in [7, 11) is 0. The molecule has 0 saturated heterocycles. The summed E-state index contributed by atoms with van der Waals surface area (Å²) in [5.74, 6) is 0.763. The SMILES string of the molecule is c1ccc(Cc2cnc3c(NCc4cccnc4)nc(-c4ccccc4)cn23)cc1. The lowest BCUT2D eigenvalue weighted by molar-refractivity contribution is 1.00. The molecule has 30 heavy (non-hydrogen) atoms. The van der Waals surface area contributed by atoms with Gasteiger partial charge in [-0.2, -0.15) is 0 Å². The molecule has 0 fully saturated rings. The Balaban J connectivity index is 1.57. The molecular formula is C25H21N5. The molecule has 0 spiro atoms. The van der Waals surface area contributed by atoms with Gasteiger partial charge in [-0.15, -0.1) is 0 Å². The molecule has 0 amide bonds. The fraction of sp³-hybridized carbons (Fsp3) is 0.0800. The van der Waals surface area contributed by atoms with Crippen molar-refractivity contribution in [3.63, 3.8) is 0 Å². The summed E-state index contributed by atoms with van der Waals surface area (Å²) < 4.78 is 2.15. The number of imidazole rings is 1. The molecule has 5 nitrogen and oxygen atoms in total. The molecule has 0 unspecified atom stereocenters. The van der Waals surface area contributed by atoms with E-state index in [0.29, 0.717) is 6.54 Å². The van der Waals surface area contributed by atoms with Gasteiger partial charge >= 0.3 is 0 Å². The van der Waals surface area contributed by atoms with Gasteiger partial charge in [0.15, 0.2) is 11.5 Å². The molecule has 0 bridgehead atoms. The molecule has 0 saturated carbocycles. The highest BCUT2D eigenvalue weighted by Gasteiger charge is 2.13. The standard InChI is InChI=1S/C25H21N5/c1-3-8-19(9-4-1)14-22-17-28-25-24(27-16-20-10-7-13-26-15-20)29-23(18-30(22)25)21-11-5-2-6-12-21/h1-13,15,17-18H,14,16H2,(H,27,29). The van der Waals surface area contributed by atoms with E-state index >= 15 is 0 Å². The first-order chi connectivity index (χ1) is 14.9. The third kappa shape index (κ3) is 3.78. The quantitative estimate of drug-likeness (QED) is 0.443. The molecule has 146 valence electrons. The molecule has 3 heterocycles. The lowest BCUT2D eigenvalue weighted by Gasteiger charge is -2.11. The maximum absolute atomic E-state index is 4.89. The molecule has 2 aromatic carbocycles. The minimum atomic E-state index is 0.635. The Morgan fingerprint density at radius 2 is 1.57 bits per heavy atom. The van der Waals surface area contributed by atoms with Crippen LogP contribution in [0.15, 0.2) is 97.6 Å². The second kappa shape index (κ2) is 8.17. The van der Waals surface area contributed by atoms with Gasteiger partial charge in [-0.05, 0) is 17.2 Å². The van der Waals surface area contributed by atoms with Crippen LogP contribution in [0.5, 0.6) is 0 Å². The van der Waals surface area contributed by atoms with Crippen molar-refractivity contribution >= 4 is 11.5 Å². The van der Waals surface area contributed by atoms with Gasteiger partial charge in [-0.25, -0.2) is 9.97 Å². The van der Waals surface area contributed by atoms with Crippen molar-refractivity contribution in [3.05, 3.63) is 114 Å². The van der Waals surface area contributed by atoms with Crippen LogP contribution in [0.1, 0.15) is 16.8 Å². The van der Waals surface area contributed by atoms with Crippen molar-refractivity contribution in [2.24, 2.45) is 0 Å². The Labute approximate surface area is 175 Å². The van der Waals surface area contributed by atoms with Crippen LogP contribution in [0.3, 0.4) is 0 Å². The molecule has 5 aromatic rings. The van der Waals surface area contributed by atoms with Gasteiger partial charge in [-0.3, -0.25) is 9.38 Å². The molecule has 0 aliphatic heterocycles. The van der Waals surface area contributed by atoms with Crippen LogP contribution < -0.4 is 5.32 Å². The maximum Gasteiger partial charge on any atom is 0.180 e. The topological polar surface area (TPSA) is 55.1 Å². The Kier molecular flexibility index (Phi) is 4.92. The Hall–Kier alpha value is -3.99. The average molecular weight is 391 g/mol. The summed E-state index contributed by atoms with van der Waals surface area (Å²) in [5, 5.41) is 3.46. The Morgan fingerprint density at radius 3 is 2.33 bits per heavy atom. The summed E-state index contributed by atoms with van der Waals surface area (Å²) >= 11 is 0. The molecule has 3 aromatic heterocycles. The molecule has 0 atom stereocenters. The van der Waals surface area contributed by atoms with E-state index < -0.39 is 0 Å². The minimum absolute atomic E-state index is 0.635. The number of hydrogen-bond donors (Lipinski definition) is 1. The third-order valence-corrected chi connectivity index (χ3v) is 5.05. The lowest BCUT2D eigenvalue weighted by atomic mass is 10.1. The number of rotatable bonds is 6. The fourth-order valence-corrected chi connectivity index (χ4v) is 3.53. The molecular weight excluding hydrogens is 370 g/mol. The van der Waals surface area contributed by atoms with Crippen LogP contribution in [-0.4, -0.2) is 19.4 Å². The normalized spacial score (nSPS) is 10.9. The molecule has 0 radical (unpaired) electrons. The van der Waals surface area contributed by atoms with Crippen molar-refractivity contribution in [3.8, 4) is 11.3 Å². The number of hydrogen-bond acceptors (Lipinski definition) is 4. The van der Waals surface area contributed by atoms with Crippen molar-refractivity contribution in [2.75, 3.05) is 5.32 Å². The number of pyridine rings is 1. The highest BCUT2D eigenvalue weighted by Crippen LogP contribution is 2.24. The van der Waals surface area contributed by atoms with Crippen molar-refractivity contribution in [1.29, 1.82) is 0 Å². The van der Waals surface area contributed by atoms with Crippen LogP contribution in [0, 0.1) is 0 Å². The highest BCUT2D eigenvalue weighted by atomic mass is 15.1. The van der Waals surface area contributed by atoms with Crippen LogP contribution in [0.2, 0.25) is 0 Å². The van der Waals surface area contributed by atoms with Gasteiger partial charge in [0.25, 0.3) is 0 Å². The monoisotopic (exact) mass is 391 g/mol. The highest BCUT2D eigenvalue weighted by molar-refractivity contribution is 5.70. The van der Waals surface area contributed by atoms with Gasteiger partial charge in [0, 0.05) is 49.0 Å². The van der Waals surface area contributed by atoms with Crippen LogP contribution in [-0.2, 0) is 13.0 Å². The Bertz CT molecular complexity index is 1250. The molecule has 0 aliphatic carbocycles. The number of aromatic nitrogens is 4. The summed E-state index contributed by atoms with van der Waals surface area (Å²) in [6.45, 7) is 0.635. The maximum atomic E-state index is 4.89. The first-order valence-corrected chi connectivity index (χ1v) is 9.96. The van der Waals surface area contributed by atoms with Gasteiger partial charge in [0.2, 0.25) is 0 Å². The van der Waals surface area contributed by atoms with E-state index in [1.54, 1.807) is 6.20 Å². The lowest BCUT2D eigenvalue weighted by Crippen LogP contribution is -2.06. The van der Waals surface area contributed by atoms with E-state index in [9.17, 15) is 0 Å². The van der Waals surface area contributed by atoms with Crippen LogP contribution in [0.4, 0.5) is 5.82 Å². The average Bonchev–Trinajstić information content (AvgIpc) is 3.22. The number of anilines is 1. The van der Waals surface area contributed by atoms with Crippen molar-refractivity contribution in [1.82, 2.24) is 19.4 Å². The molecule has 5 heteroatoms. The smallest absolute Gasteiger partial charge is 0.180 e. The summed E-state index contributed by atoms with van der Waals surface area (Å²) in [6.07, 6.45) is 8.46. The number of benzene rings is 2. The number of nitrogens with zero attached hydrogens (tertiary/aromatic N) is 4. The zero-order valence-electron chi connectivity index (χ0n) is 16.4. The van der Waals surface area contributed by atoms with Gasteiger partial charge in [-0.1, -0.05) is 66.7 Å². The number of nitrogens with one attached hydrogen (secondary N) is 1. The third-order valence-electron chi connectivity index (χ3n) is 5.05. The Morgan fingerprint density at radius 1 is 0.800 bits per heavy atom. The summed E-state index contributed by atoms with van der Waals surface area (Å²) in [6, 6.07) is 24.7. The second-order valence-electron chi connectivity index (χ2n) is 7.16. The van der Waals surface area contributed by atoms with E-state index in [2.05, 4.69) is 62.3 Å². The van der Waals surface area contributed by atoms with Crippen LogP contribution >= 0.6 is 0 Å². The van der Waals surface area contributed by atoms with Crippen LogP contribution in [0.25, 0.3) is 16.9 Å². The van der Waals surface area contributed by atoms with E-state index in [0.717, 1.165) is 40.4 Å². The predicted octanol–water partition coefficient (Wildman–Crippen LogP) is 4.99. The predicted molar refractivity (Wildman–Crippen MR) is 119 cm³/mol. The first-order valence-electron chi connectivity index (χ1n) is 9.96. The summed E-state index contributed by atoms with van der Waals surface area (Å²) in [4.78, 5) is 13.8. The molecule has 1 N–H and O–H groups in total. The van der Waals surface area contributed by atoms with Crippen molar-refractivity contribution < 1.29 is 0 Å². The second-order valence-corrected chi connectivity index (χ2v) is 7.16. The van der Waals surface area contributed by atoms with E-state index in [1.165, 1.54) is 5.56 Å². The molecule has 5 rings (SSSR count).